The molecule has 2 heterocycles. The first-order valence-corrected chi connectivity index (χ1v) is 25.2. The van der Waals surface area contributed by atoms with E-state index in [1.165, 1.54) is 6.42 Å². The molecular formula is C53H86O15. The third kappa shape index (κ3) is 27.2. The van der Waals surface area contributed by atoms with Crippen LogP contribution in [-0.2, 0) is 38.0 Å². The van der Waals surface area contributed by atoms with Crippen LogP contribution in [0.3, 0.4) is 0 Å². The highest BCUT2D eigenvalue weighted by atomic mass is 16.7. The van der Waals surface area contributed by atoms with Crippen molar-refractivity contribution in [3.63, 3.8) is 0 Å². The van der Waals surface area contributed by atoms with Gasteiger partial charge in [0.25, 0.3) is 0 Å². The van der Waals surface area contributed by atoms with Crippen LogP contribution in [0.15, 0.2) is 85.1 Å². The van der Waals surface area contributed by atoms with E-state index in [-0.39, 0.29) is 19.4 Å². The van der Waals surface area contributed by atoms with E-state index in [0.717, 1.165) is 96.3 Å². The van der Waals surface area contributed by atoms with Gasteiger partial charge in [0.15, 0.2) is 18.7 Å². The molecule has 0 saturated carbocycles. The average molecular weight is 963 g/mol. The number of ether oxygens (including phenoxy) is 6. The van der Waals surface area contributed by atoms with Crippen molar-refractivity contribution >= 4 is 11.9 Å². The molecule has 15 nitrogen and oxygen atoms in total. The molecule has 0 amide bonds. The summed E-state index contributed by atoms with van der Waals surface area (Å²) in [6.45, 7) is 2.33. The molecule has 15 heteroatoms. The van der Waals surface area contributed by atoms with E-state index in [1.54, 1.807) is 0 Å². The lowest BCUT2D eigenvalue weighted by atomic mass is 9.98. The minimum Gasteiger partial charge on any atom is -0.462 e. The molecule has 0 radical (unpaired) electrons. The Kier molecular flexibility index (Phi) is 35.2. The number of esters is 2. The maximum atomic E-state index is 13.0. The van der Waals surface area contributed by atoms with Gasteiger partial charge >= 0.3 is 11.9 Å². The Balaban J connectivity index is 1.84. The summed E-state index contributed by atoms with van der Waals surface area (Å²) in [5.41, 5.74) is 0. The van der Waals surface area contributed by atoms with Crippen LogP contribution in [0.1, 0.15) is 142 Å². The molecule has 11 atom stereocenters. The molecule has 2 aliphatic heterocycles. The SMILES string of the molecule is CC/C=C/C/C=C/C/C=C/CCCCCCCC(=O)O[C@@H](COC(=O)CCCCC/C=C/C/C=C/C/C=C/C/C=C/CCC)CO[C@@H]1O[C@H](CO[C@@H]2O[C@H](CO)[C@H](O)C(O)C2O)[C@H](O)C(O)C1O. The van der Waals surface area contributed by atoms with Gasteiger partial charge in [0.2, 0.25) is 0 Å². The zero-order valence-electron chi connectivity index (χ0n) is 40.8. The zero-order chi connectivity index (χ0) is 49.6. The van der Waals surface area contributed by atoms with Crippen molar-refractivity contribution in [1.29, 1.82) is 0 Å². The summed E-state index contributed by atoms with van der Waals surface area (Å²) in [5, 5.41) is 72.1. The van der Waals surface area contributed by atoms with Crippen LogP contribution in [0, 0.1) is 0 Å². The second kappa shape index (κ2) is 39.4. The fourth-order valence-electron chi connectivity index (χ4n) is 7.22. The highest BCUT2D eigenvalue weighted by Crippen LogP contribution is 2.26. The molecule has 7 N–H and O–H groups in total. The van der Waals surface area contributed by atoms with Gasteiger partial charge in [0.05, 0.1) is 19.8 Å². The van der Waals surface area contributed by atoms with Crippen molar-refractivity contribution in [2.75, 3.05) is 26.4 Å². The third-order valence-corrected chi connectivity index (χ3v) is 11.3. The van der Waals surface area contributed by atoms with Gasteiger partial charge in [-0.15, -0.1) is 0 Å². The summed E-state index contributed by atoms with van der Waals surface area (Å²) in [6, 6.07) is 0. The normalized spacial score (nSPS) is 26.5. The second-order valence-corrected chi connectivity index (χ2v) is 17.3. The van der Waals surface area contributed by atoms with Gasteiger partial charge in [0, 0.05) is 12.8 Å². The molecule has 2 fully saturated rings. The van der Waals surface area contributed by atoms with Crippen LogP contribution < -0.4 is 0 Å². The van der Waals surface area contributed by atoms with Gasteiger partial charge in [-0.25, -0.2) is 0 Å². The van der Waals surface area contributed by atoms with Crippen LogP contribution in [0.25, 0.3) is 0 Å². The number of allylic oxidation sites excluding steroid dienone is 14. The lowest BCUT2D eigenvalue weighted by Gasteiger charge is -2.42. The Bertz CT molecular complexity index is 1510. The fourth-order valence-corrected chi connectivity index (χ4v) is 7.22. The van der Waals surface area contributed by atoms with Crippen molar-refractivity contribution in [3.8, 4) is 0 Å². The molecule has 4 unspecified atom stereocenters. The first-order chi connectivity index (χ1) is 33.0. The maximum Gasteiger partial charge on any atom is 0.306 e. The molecular weight excluding hydrogens is 877 g/mol. The molecule has 388 valence electrons. The van der Waals surface area contributed by atoms with Crippen LogP contribution in [0.5, 0.6) is 0 Å². The summed E-state index contributed by atoms with van der Waals surface area (Å²) >= 11 is 0. The number of hydrogen-bond acceptors (Lipinski definition) is 15. The van der Waals surface area contributed by atoms with Gasteiger partial charge < -0.3 is 64.2 Å². The number of carbonyl (C=O) groups excluding carboxylic acids is 2. The number of aliphatic hydroxyl groups is 7. The lowest BCUT2D eigenvalue weighted by molar-refractivity contribution is -0.332. The van der Waals surface area contributed by atoms with Crippen LogP contribution >= 0.6 is 0 Å². The highest BCUT2D eigenvalue weighted by Gasteiger charge is 2.47. The van der Waals surface area contributed by atoms with Crippen molar-refractivity contribution < 1.29 is 73.8 Å². The average Bonchev–Trinajstić information content (AvgIpc) is 3.33. The van der Waals surface area contributed by atoms with Gasteiger partial charge in [-0.3, -0.25) is 9.59 Å². The van der Waals surface area contributed by atoms with Gasteiger partial charge in [-0.05, 0) is 83.5 Å². The molecule has 0 bridgehead atoms. The Hall–Kier alpha value is -3.32. The number of aliphatic hydroxyl groups excluding tert-OH is 7. The van der Waals surface area contributed by atoms with Crippen LogP contribution in [-0.4, -0.2) is 142 Å². The van der Waals surface area contributed by atoms with E-state index in [1.807, 2.05) is 0 Å². The van der Waals surface area contributed by atoms with Crippen molar-refractivity contribution in [3.05, 3.63) is 85.1 Å². The standard InChI is InChI=1S/C53H86O15/c1-3-5-7-9-11-13-15-17-19-20-22-23-25-27-29-31-33-35-44(55)63-38-41(66-45(56)36-34-32-30-28-26-24-21-18-16-14-12-10-8-6-4-2)39-64-52-51(62)49(60)47(58)43(68-52)40-65-53-50(61)48(59)46(57)42(37-54)67-53/h6-9,12-15,18-21,23,25,41-43,46-54,57-62H,3-5,10-11,16-17,22,24,26-40H2,1-2H3/b8-6+,9-7+,14-12+,15-13+,20-19+,21-18+,25-23+/t41-,42+,43+,46-,47-,48?,49?,50?,51?,52+,53+/m0/s1. The minimum atomic E-state index is -1.78. The molecule has 68 heavy (non-hydrogen) atoms. The van der Waals surface area contributed by atoms with Crippen molar-refractivity contribution in [1.82, 2.24) is 0 Å². The number of carbonyl (C=O) groups is 2. The molecule has 0 aliphatic carbocycles. The van der Waals surface area contributed by atoms with Gasteiger partial charge in [-0.1, -0.05) is 131 Å². The zero-order valence-corrected chi connectivity index (χ0v) is 40.8. The molecule has 2 rings (SSSR count). The Morgan fingerprint density at radius 2 is 0.926 bits per heavy atom. The molecule has 2 saturated heterocycles. The van der Waals surface area contributed by atoms with E-state index in [2.05, 4.69) is 98.9 Å². The summed E-state index contributed by atoms with van der Waals surface area (Å²) in [5.74, 6) is -0.991. The van der Waals surface area contributed by atoms with E-state index in [4.69, 9.17) is 28.4 Å². The Labute approximate surface area is 405 Å². The third-order valence-electron chi connectivity index (χ3n) is 11.3. The monoisotopic (exact) mass is 963 g/mol. The summed E-state index contributed by atoms with van der Waals surface area (Å²) in [4.78, 5) is 25.7. The quantitative estimate of drug-likeness (QED) is 0.0193. The second-order valence-electron chi connectivity index (χ2n) is 17.3. The summed E-state index contributed by atoms with van der Waals surface area (Å²) in [7, 11) is 0. The largest absolute Gasteiger partial charge is 0.462 e. The number of hydrogen-bond donors (Lipinski definition) is 7. The number of unbranched alkanes of at least 4 members (excludes halogenated alkanes) is 9. The van der Waals surface area contributed by atoms with E-state index >= 15 is 0 Å². The summed E-state index contributed by atoms with van der Waals surface area (Å²) in [6.07, 6.45) is 30.4. The predicted molar refractivity (Wildman–Crippen MR) is 261 cm³/mol. The van der Waals surface area contributed by atoms with E-state index < -0.39 is 99.3 Å². The van der Waals surface area contributed by atoms with Crippen molar-refractivity contribution in [2.45, 2.75) is 210 Å². The first-order valence-electron chi connectivity index (χ1n) is 25.2. The predicted octanol–water partition coefficient (Wildman–Crippen LogP) is 6.82. The maximum absolute atomic E-state index is 13.0. The van der Waals surface area contributed by atoms with Gasteiger partial charge in [0.1, 0.15) is 55.4 Å². The van der Waals surface area contributed by atoms with E-state index in [0.29, 0.717) is 12.8 Å². The lowest BCUT2D eigenvalue weighted by Crippen LogP contribution is -2.61. The van der Waals surface area contributed by atoms with E-state index in [9.17, 15) is 45.3 Å². The van der Waals surface area contributed by atoms with Crippen LogP contribution in [0.4, 0.5) is 0 Å². The Morgan fingerprint density at radius 1 is 0.485 bits per heavy atom. The van der Waals surface area contributed by atoms with Gasteiger partial charge in [-0.2, -0.15) is 0 Å². The van der Waals surface area contributed by atoms with Crippen molar-refractivity contribution in [2.24, 2.45) is 0 Å². The molecule has 0 spiro atoms. The highest BCUT2D eigenvalue weighted by molar-refractivity contribution is 5.70. The fraction of sp³-hybridized carbons (Fsp3) is 0.698. The molecule has 0 aromatic rings. The van der Waals surface area contributed by atoms with Crippen LogP contribution in [0.2, 0.25) is 0 Å². The molecule has 0 aromatic heterocycles. The first kappa shape index (κ1) is 60.8. The molecule has 0 aromatic carbocycles. The number of rotatable bonds is 37. The summed E-state index contributed by atoms with van der Waals surface area (Å²) < 4.78 is 33.5. The topological polar surface area (TPSA) is 231 Å². The molecule has 2 aliphatic rings. The smallest absolute Gasteiger partial charge is 0.306 e. The Morgan fingerprint density at radius 3 is 1.47 bits per heavy atom. The minimum absolute atomic E-state index is 0.133.